The van der Waals surface area contributed by atoms with E-state index < -0.39 is 0 Å². The van der Waals surface area contributed by atoms with Crippen molar-refractivity contribution in [1.82, 2.24) is 9.97 Å². The van der Waals surface area contributed by atoms with Gasteiger partial charge in [-0.05, 0) is 11.1 Å². The summed E-state index contributed by atoms with van der Waals surface area (Å²) < 4.78 is 0. The van der Waals surface area contributed by atoms with Crippen LogP contribution in [0.3, 0.4) is 0 Å². The topological polar surface area (TPSA) is 101 Å². The molecule has 0 atom stereocenters. The van der Waals surface area contributed by atoms with Crippen molar-refractivity contribution >= 4 is 11.5 Å². The number of nitrogens with one attached hydrogen (secondary N) is 1. The van der Waals surface area contributed by atoms with E-state index in [4.69, 9.17) is 11.5 Å². The maximum atomic E-state index is 11.5. The van der Waals surface area contributed by atoms with Gasteiger partial charge >= 0.3 is 0 Å². The number of H-pyrrole nitrogens is 1. The van der Waals surface area contributed by atoms with Crippen LogP contribution in [0.25, 0.3) is 0 Å². The van der Waals surface area contributed by atoms with Crippen molar-refractivity contribution < 1.29 is 0 Å². The highest BCUT2D eigenvalue weighted by atomic mass is 16.1. The first-order valence-corrected chi connectivity index (χ1v) is 5.94. The van der Waals surface area contributed by atoms with Gasteiger partial charge < -0.3 is 21.4 Å². The summed E-state index contributed by atoms with van der Waals surface area (Å²) >= 11 is 0. The minimum atomic E-state index is -0.330. The summed E-state index contributed by atoms with van der Waals surface area (Å²) in [7, 11) is 1.84. The zero-order valence-electron chi connectivity index (χ0n) is 10.8. The monoisotopic (exact) mass is 259 g/mol. The van der Waals surface area contributed by atoms with Crippen molar-refractivity contribution in [3.05, 3.63) is 52.1 Å². The summed E-state index contributed by atoms with van der Waals surface area (Å²) in [6, 6.07) is 7.89. The Morgan fingerprint density at radius 3 is 2.68 bits per heavy atom. The number of nitrogens with zero attached hydrogens (tertiary/aromatic N) is 2. The van der Waals surface area contributed by atoms with Gasteiger partial charge in [-0.25, -0.2) is 4.98 Å². The van der Waals surface area contributed by atoms with Crippen LogP contribution in [0.1, 0.15) is 11.1 Å². The van der Waals surface area contributed by atoms with Crippen molar-refractivity contribution in [2.45, 2.75) is 13.1 Å². The fourth-order valence-electron chi connectivity index (χ4n) is 1.95. The lowest BCUT2D eigenvalue weighted by Crippen LogP contribution is -2.24. The number of hydrogen-bond donors (Lipinski definition) is 3. The lowest BCUT2D eigenvalue weighted by molar-refractivity contribution is 0.870. The van der Waals surface area contributed by atoms with E-state index in [2.05, 4.69) is 9.97 Å². The Kier molecular flexibility index (Phi) is 3.82. The average Bonchev–Trinajstić information content (AvgIpc) is 2.42. The first-order chi connectivity index (χ1) is 9.13. The third-order valence-electron chi connectivity index (χ3n) is 2.98. The van der Waals surface area contributed by atoms with Gasteiger partial charge in [0.15, 0.2) is 5.82 Å². The summed E-state index contributed by atoms with van der Waals surface area (Å²) in [4.78, 5) is 19.8. The molecule has 0 aliphatic carbocycles. The van der Waals surface area contributed by atoms with E-state index in [1.54, 1.807) is 0 Å². The fourth-order valence-corrected chi connectivity index (χ4v) is 1.95. The van der Waals surface area contributed by atoms with Crippen molar-refractivity contribution in [3.8, 4) is 0 Å². The number of nitrogens with two attached hydrogens (primary N) is 2. The average molecular weight is 259 g/mol. The summed E-state index contributed by atoms with van der Waals surface area (Å²) in [6.45, 7) is 1.07. The maximum Gasteiger partial charge on any atom is 0.276 e. The molecular weight excluding hydrogens is 242 g/mol. The van der Waals surface area contributed by atoms with Gasteiger partial charge in [0.05, 0.1) is 6.33 Å². The molecular formula is C13H17N5O. The molecule has 2 rings (SSSR count). The van der Waals surface area contributed by atoms with Crippen LogP contribution in [0, 0.1) is 0 Å². The van der Waals surface area contributed by atoms with Gasteiger partial charge in [0, 0.05) is 20.1 Å². The molecule has 0 saturated heterocycles. The number of anilines is 2. The van der Waals surface area contributed by atoms with Crippen molar-refractivity contribution in [2.24, 2.45) is 5.73 Å². The van der Waals surface area contributed by atoms with Crippen LogP contribution in [0.5, 0.6) is 0 Å². The van der Waals surface area contributed by atoms with Crippen LogP contribution in [0.4, 0.5) is 11.5 Å². The zero-order chi connectivity index (χ0) is 13.8. The first-order valence-electron chi connectivity index (χ1n) is 5.94. The van der Waals surface area contributed by atoms with Crippen molar-refractivity contribution in [2.75, 3.05) is 17.7 Å². The highest BCUT2D eigenvalue weighted by Gasteiger charge is 2.11. The van der Waals surface area contributed by atoms with Crippen molar-refractivity contribution in [1.29, 1.82) is 0 Å². The normalized spacial score (nSPS) is 10.4. The Morgan fingerprint density at radius 1 is 1.32 bits per heavy atom. The Balaban J connectivity index is 2.28. The van der Waals surface area contributed by atoms with Crippen molar-refractivity contribution in [3.63, 3.8) is 0 Å². The molecule has 0 unspecified atom stereocenters. The molecule has 0 amide bonds. The molecule has 1 aromatic carbocycles. The molecule has 6 nitrogen and oxygen atoms in total. The van der Waals surface area contributed by atoms with E-state index in [1.165, 1.54) is 6.33 Å². The lowest BCUT2D eigenvalue weighted by atomic mass is 10.1. The van der Waals surface area contributed by atoms with Gasteiger partial charge in [0.1, 0.15) is 5.69 Å². The lowest BCUT2D eigenvalue weighted by Gasteiger charge is -2.20. The number of aromatic nitrogens is 2. The van der Waals surface area contributed by atoms with E-state index >= 15 is 0 Å². The van der Waals surface area contributed by atoms with Crippen LogP contribution in [0.15, 0.2) is 35.4 Å². The molecule has 1 heterocycles. The summed E-state index contributed by atoms with van der Waals surface area (Å²) in [5.74, 6) is 0.468. The fraction of sp³-hybridized carbons (Fsp3) is 0.231. The van der Waals surface area contributed by atoms with Gasteiger partial charge in [0.2, 0.25) is 0 Å². The Hall–Kier alpha value is -2.34. The molecule has 0 aliphatic rings. The highest BCUT2D eigenvalue weighted by Crippen LogP contribution is 2.18. The smallest absolute Gasteiger partial charge is 0.276 e. The second-order valence-electron chi connectivity index (χ2n) is 4.30. The number of aromatic amines is 1. The van der Waals surface area contributed by atoms with E-state index in [0.29, 0.717) is 18.9 Å². The number of hydrogen-bond acceptors (Lipinski definition) is 5. The summed E-state index contributed by atoms with van der Waals surface area (Å²) in [5, 5.41) is 0. The molecule has 0 spiro atoms. The van der Waals surface area contributed by atoms with Gasteiger partial charge in [-0.1, -0.05) is 24.3 Å². The second-order valence-corrected chi connectivity index (χ2v) is 4.30. The van der Waals surface area contributed by atoms with Gasteiger partial charge in [-0.15, -0.1) is 0 Å². The van der Waals surface area contributed by atoms with E-state index in [0.717, 1.165) is 11.1 Å². The Labute approximate surface area is 111 Å². The molecule has 19 heavy (non-hydrogen) atoms. The van der Waals surface area contributed by atoms with Gasteiger partial charge in [0.25, 0.3) is 5.56 Å². The Bertz CT molecular complexity index is 622. The number of rotatable bonds is 4. The van der Waals surface area contributed by atoms with E-state index in [-0.39, 0.29) is 11.2 Å². The second kappa shape index (κ2) is 5.53. The van der Waals surface area contributed by atoms with Gasteiger partial charge in [-0.3, -0.25) is 4.79 Å². The SMILES string of the molecule is CN(Cc1ccccc1CN)c1nc[nH]c(=O)c1N. The maximum absolute atomic E-state index is 11.5. The molecule has 0 radical (unpaired) electrons. The minimum absolute atomic E-state index is 0.121. The standard InChI is InChI=1S/C13H17N5O/c1-18(12-11(15)13(19)17-8-16-12)7-10-5-3-2-4-9(10)6-14/h2-5,8H,6-7,14-15H2,1H3,(H,16,17,19). The molecule has 0 saturated carbocycles. The first kappa shape index (κ1) is 13.1. The Morgan fingerprint density at radius 2 is 2.00 bits per heavy atom. The molecule has 1 aromatic heterocycles. The zero-order valence-corrected chi connectivity index (χ0v) is 10.8. The minimum Gasteiger partial charge on any atom is -0.391 e. The van der Waals surface area contributed by atoms with Crippen LogP contribution >= 0.6 is 0 Å². The summed E-state index contributed by atoms with van der Waals surface area (Å²) in [6.07, 6.45) is 1.35. The third kappa shape index (κ3) is 2.74. The van der Waals surface area contributed by atoms with E-state index in [1.807, 2.05) is 36.2 Å². The number of nitrogen functional groups attached to an aromatic ring is 1. The highest BCUT2D eigenvalue weighted by molar-refractivity contribution is 5.60. The number of benzene rings is 1. The quantitative estimate of drug-likeness (QED) is 0.740. The molecule has 6 heteroatoms. The molecule has 0 aliphatic heterocycles. The molecule has 2 aromatic rings. The third-order valence-corrected chi connectivity index (χ3v) is 2.98. The largest absolute Gasteiger partial charge is 0.391 e. The van der Waals surface area contributed by atoms with Crippen LogP contribution in [0.2, 0.25) is 0 Å². The van der Waals surface area contributed by atoms with Crippen LogP contribution in [-0.2, 0) is 13.1 Å². The van der Waals surface area contributed by atoms with Gasteiger partial charge in [-0.2, -0.15) is 0 Å². The summed E-state index contributed by atoms with van der Waals surface area (Å²) in [5.41, 5.74) is 13.4. The van der Waals surface area contributed by atoms with Crippen LogP contribution in [-0.4, -0.2) is 17.0 Å². The predicted molar refractivity (Wildman–Crippen MR) is 75.7 cm³/mol. The molecule has 100 valence electrons. The molecule has 5 N–H and O–H groups in total. The van der Waals surface area contributed by atoms with Crippen LogP contribution < -0.4 is 21.9 Å². The molecule has 0 bridgehead atoms. The predicted octanol–water partition coefficient (Wildman–Crippen LogP) is 0.447. The van der Waals surface area contributed by atoms with E-state index in [9.17, 15) is 4.79 Å². The molecule has 0 fully saturated rings.